The van der Waals surface area contributed by atoms with Crippen molar-refractivity contribution in [1.82, 2.24) is 15.5 Å². The van der Waals surface area contributed by atoms with E-state index in [1.165, 1.54) is 0 Å². The molecule has 0 aliphatic heterocycles. The fourth-order valence-electron chi connectivity index (χ4n) is 2.19. The lowest BCUT2D eigenvalue weighted by Gasteiger charge is -2.14. The molecule has 1 aromatic rings. The maximum Gasteiger partial charge on any atom is 0.224 e. The zero-order valence-electron chi connectivity index (χ0n) is 9.98. The summed E-state index contributed by atoms with van der Waals surface area (Å²) in [5, 5.41) is 6.64. The number of rotatable bonds is 4. The van der Waals surface area contributed by atoms with Gasteiger partial charge in [0.2, 0.25) is 11.8 Å². The van der Waals surface area contributed by atoms with Crippen LogP contribution in [0.5, 0.6) is 0 Å². The van der Waals surface area contributed by atoms with Crippen LogP contribution in [0.15, 0.2) is 4.52 Å². The molecule has 3 N–H and O–H groups in total. The molecule has 1 aromatic heterocycles. The highest BCUT2D eigenvalue weighted by molar-refractivity contribution is 5.79. The summed E-state index contributed by atoms with van der Waals surface area (Å²) in [6.07, 6.45) is 3.48. The van der Waals surface area contributed by atoms with Crippen LogP contribution in [0.25, 0.3) is 0 Å². The van der Waals surface area contributed by atoms with Gasteiger partial charge in [0.25, 0.3) is 0 Å². The monoisotopic (exact) mass is 238 g/mol. The minimum absolute atomic E-state index is 0.0161. The van der Waals surface area contributed by atoms with Crippen molar-refractivity contribution in [2.24, 2.45) is 11.7 Å². The minimum Gasteiger partial charge on any atom is -0.355 e. The largest absolute Gasteiger partial charge is 0.355 e. The molecule has 2 unspecified atom stereocenters. The molecule has 1 amide bonds. The predicted octanol–water partition coefficient (Wildman–Crippen LogP) is 0.164. The summed E-state index contributed by atoms with van der Waals surface area (Å²) >= 11 is 0. The van der Waals surface area contributed by atoms with E-state index in [1.807, 2.05) is 0 Å². The Bertz CT molecular complexity index is 391. The second kappa shape index (κ2) is 5.27. The van der Waals surface area contributed by atoms with Gasteiger partial charge in [-0.05, 0) is 12.8 Å². The average molecular weight is 238 g/mol. The Morgan fingerprint density at radius 2 is 2.41 bits per heavy atom. The lowest BCUT2D eigenvalue weighted by atomic mass is 10.0. The fourth-order valence-corrected chi connectivity index (χ4v) is 2.19. The molecule has 0 bridgehead atoms. The van der Waals surface area contributed by atoms with Crippen LogP contribution >= 0.6 is 0 Å². The van der Waals surface area contributed by atoms with Gasteiger partial charge in [-0.2, -0.15) is 4.98 Å². The molecule has 6 nitrogen and oxygen atoms in total. The fraction of sp³-hybridized carbons (Fsp3) is 0.727. The van der Waals surface area contributed by atoms with Gasteiger partial charge in [0, 0.05) is 25.9 Å². The third-order valence-corrected chi connectivity index (χ3v) is 3.12. The smallest absolute Gasteiger partial charge is 0.224 e. The lowest BCUT2D eigenvalue weighted by Crippen LogP contribution is -2.39. The van der Waals surface area contributed by atoms with Crippen LogP contribution in [0.3, 0.4) is 0 Å². The van der Waals surface area contributed by atoms with E-state index in [0.29, 0.717) is 24.7 Å². The molecule has 6 heteroatoms. The number of carbonyl (C=O) groups excluding carboxylic acids is 1. The van der Waals surface area contributed by atoms with E-state index in [0.717, 1.165) is 19.3 Å². The SMILES string of the molecule is Cc1nc(CCNC(=O)C2CCCC2N)no1. The molecule has 0 saturated heterocycles. The molecule has 94 valence electrons. The first-order valence-corrected chi connectivity index (χ1v) is 5.99. The second-order valence-corrected chi connectivity index (χ2v) is 4.47. The van der Waals surface area contributed by atoms with Gasteiger partial charge in [-0.15, -0.1) is 0 Å². The maximum absolute atomic E-state index is 11.8. The summed E-state index contributed by atoms with van der Waals surface area (Å²) in [6.45, 7) is 2.27. The highest BCUT2D eigenvalue weighted by atomic mass is 16.5. The molecular weight excluding hydrogens is 220 g/mol. The zero-order chi connectivity index (χ0) is 12.3. The highest BCUT2D eigenvalue weighted by Gasteiger charge is 2.29. The molecule has 1 fully saturated rings. The van der Waals surface area contributed by atoms with Gasteiger partial charge < -0.3 is 15.6 Å². The van der Waals surface area contributed by atoms with Crippen molar-refractivity contribution in [2.75, 3.05) is 6.54 Å². The minimum atomic E-state index is -0.0259. The summed E-state index contributed by atoms with van der Waals surface area (Å²) in [6, 6.07) is 0.0161. The van der Waals surface area contributed by atoms with Crippen molar-refractivity contribution in [3.63, 3.8) is 0 Å². The molecule has 2 rings (SSSR count). The van der Waals surface area contributed by atoms with E-state index in [2.05, 4.69) is 15.5 Å². The number of nitrogens with one attached hydrogen (secondary N) is 1. The van der Waals surface area contributed by atoms with Gasteiger partial charge in [0.05, 0.1) is 5.92 Å². The van der Waals surface area contributed by atoms with Crippen LogP contribution < -0.4 is 11.1 Å². The molecule has 1 aliphatic rings. The summed E-state index contributed by atoms with van der Waals surface area (Å²) in [5.41, 5.74) is 5.87. The quantitative estimate of drug-likeness (QED) is 0.779. The van der Waals surface area contributed by atoms with E-state index < -0.39 is 0 Å². The molecule has 0 spiro atoms. The Hall–Kier alpha value is -1.43. The number of carbonyl (C=O) groups is 1. The van der Waals surface area contributed by atoms with Crippen molar-refractivity contribution < 1.29 is 9.32 Å². The molecular formula is C11H18N4O2. The Morgan fingerprint density at radius 1 is 1.59 bits per heavy atom. The van der Waals surface area contributed by atoms with Gasteiger partial charge in [-0.3, -0.25) is 4.79 Å². The number of aromatic nitrogens is 2. The van der Waals surface area contributed by atoms with Crippen molar-refractivity contribution >= 4 is 5.91 Å². The average Bonchev–Trinajstić information content (AvgIpc) is 2.87. The molecule has 1 saturated carbocycles. The summed E-state index contributed by atoms with van der Waals surface area (Å²) in [5.74, 6) is 1.19. The van der Waals surface area contributed by atoms with Crippen LogP contribution in [0.4, 0.5) is 0 Å². The van der Waals surface area contributed by atoms with E-state index in [-0.39, 0.29) is 17.9 Å². The van der Waals surface area contributed by atoms with Crippen LogP contribution in [0.2, 0.25) is 0 Å². The van der Waals surface area contributed by atoms with Gasteiger partial charge >= 0.3 is 0 Å². The number of nitrogens with zero attached hydrogens (tertiary/aromatic N) is 2. The summed E-state index contributed by atoms with van der Waals surface area (Å²) < 4.78 is 4.85. The van der Waals surface area contributed by atoms with Crippen LogP contribution in [0, 0.1) is 12.8 Å². The number of aryl methyl sites for hydroxylation is 1. The lowest BCUT2D eigenvalue weighted by molar-refractivity contribution is -0.125. The first kappa shape index (κ1) is 12.0. The molecule has 2 atom stereocenters. The number of hydrogen-bond acceptors (Lipinski definition) is 5. The Morgan fingerprint density at radius 3 is 3.00 bits per heavy atom. The first-order chi connectivity index (χ1) is 8.16. The molecule has 0 radical (unpaired) electrons. The predicted molar refractivity (Wildman–Crippen MR) is 61.1 cm³/mol. The van der Waals surface area contributed by atoms with Crippen LogP contribution in [-0.2, 0) is 11.2 Å². The van der Waals surface area contributed by atoms with Crippen molar-refractivity contribution in [3.05, 3.63) is 11.7 Å². The number of nitrogens with two attached hydrogens (primary N) is 1. The molecule has 1 aliphatic carbocycles. The van der Waals surface area contributed by atoms with Gasteiger partial charge in [0.15, 0.2) is 5.82 Å². The Labute approximate surface area is 99.9 Å². The van der Waals surface area contributed by atoms with Crippen molar-refractivity contribution in [3.8, 4) is 0 Å². The van der Waals surface area contributed by atoms with Crippen molar-refractivity contribution in [1.29, 1.82) is 0 Å². The molecule has 0 aromatic carbocycles. The second-order valence-electron chi connectivity index (χ2n) is 4.47. The van der Waals surface area contributed by atoms with E-state index in [1.54, 1.807) is 6.92 Å². The first-order valence-electron chi connectivity index (χ1n) is 5.99. The van der Waals surface area contributed by atoms with Crippen molar-refractivity contribution in [2.45, 2.75) is 38.6 Å². The highest BCUT2D eigenvalue weighted by Crippen LogP contribution is 2.23. The van der Waals surface area contributed by atoms with E-state index in [4.69, 9.17) is 10.3 Å². The summed E-state index contributed by atoms with van der Waals surface area (Å²) in [7, 11) is 0. The number of amides is 1. The van der Waals surface area contributed by atoms with Gasteiger partial charge in [0.1, 0.15) is 0 Å². The zero-order valence-corrected chi connectivity index (χ0v) is 9.98. The standard InChI is InChI=1S/C11H18N4O2/c1-7-14-10(15-17-7)5-6-13-11(16)8-3-2-4-9(8)12/h8-9H,2-6,12H2,1H3,(H,13,16). The topological polar surface area (TPSA) is 94.0 Å². The van der Waals surface area contributed by atoms with Crippen LogP contribution in [0.1, 0.15) is 31.0 Å². The summed E-state index contributed by atoms with van der Waals surface area (Å²) in [4.78, 5) is 15.9. The Balaban J connectivity index is 1.73. The molecule has 1 heterocycles. The third-order valence-electron chi connectivity index (χ3n) is 3.12. The van der Waals surface area contributed by atoms with Gasteiger partial charge in [-0.1, -0.05) is 11.6 Å². The van der Waals surface area contributed by atoms with E-state index >= 15 is 0 Å². The maximum atomic E-state index is 11.8. The van der Waals surface area contributed by atoms with E-state index in [9.17, 15) is 4.79 Å². The van der Waals surface area contributed by atoms with Gasteiger partial charge in [-0.25, -0.2) is 0 Å². The van der Waals surface area contributed by atoms with Crippen LogP contribution in [-0.4, -0.2) is 28.6 Å². The third kappa shape index (κ3) is 3.03. The Kier molecular flexibility index (Phi) is 3.73. The molecule has 17 heavy (non-hydrogen) atoms. The normalized spacial score (nSPS) is 23.9. The number of hydrogen-bond donors (Lipinski definition) is 2.